The highest BCUT2D eigenvalue weighted by Gasteiger charge is 2.45. The molecule has 6 nitrogen and oxygen atoms in total. The lowest BCUT2D eigenvalue weighted by Gasteiger charge is -2.38. The maximum atomic E-state index is 13.1. The fraction of sp³-hybridized carbons (Fsp3) is 0.364. The number of H-pyrrole nitrogens is 1. The third kappa shape index (κ3) is 3.82. The number of carbonyl (C=O) groups excluding carboxylic acids is 1. The predicted octanol–water partition coefficient (Wildman–Crippen LogP) is 2.79. The molecule has 150 valence electrons. The van der Waals surface area contributed by atoms with E-state index < -0.39 is 0 Å². The standard InChI is InChI=1S/C22H24FN5O/c23-17-2-4-18(5-3-17)28-11-9-27(10-12-28)14-22(7-8-22)26-21(29)16-1-6-19-20(13-16)25-15-24-19/h1-6,13,15H,7-12,14H2,(H,24,25)(H,26,29). The van der Waals surface area contributed by atoms with Crippen molar-refractivity contribution < 1.29 is 9.18 Å². The highest BCUT2D eigenvalue weighted by atomic mass is 19.1. The largest absolute Gasteiger partial charge is 0.369 e. The lowest BCUT2D eigenvalue weighted by molar-refractivity contribution is 0.0915. The van der Waals surface area contributed by atoms with Gasteiger partial charge in [0, 0.05) is 44.0 Å². The molecular weight excluding hydrogens is 369 g/mol. The van der Waals surface area contributed by atoms with Crippen molar-refractivity contribution >= 4 is 22.6 Å². The normalized spacial score (nSPS) is 18.7. The third-order valence-electron chi connectivity index (χ3n) is 6.01. The van der Waals surface area contributed by atoms with Crippen LogP contribution in [0.3, 0.4) is 0 Å². The molecule has 1 aliphatic heterocycles. The molecule has 2 fully saturated rings. The molecule has 2 aliphatic rings. The molecule has 29 heavy (non-hydrogen) atoms. The van der Waals surface area contributed by atoms with Gasteiger partial charge in [-0.05, 0) is 55.3 Å². The third-order valence-corrected chi connectivity index (χ3v) is 6.01. The quantitative estimate of drug-likeness (QED) is 0.700. The Kier molecular flexibility index (Phi) is 4.47. The number of rotatable bonds is 5. The SMILES string of the molecule is O=C(NC1(CN2CCN(c3ccc(F)cc3)CC2)CC1)c1ccc2nc[nH]c2c1. The van der Waals surface area contributed by atoms with Crippen LogP contribution in [0.2, 0.25) is 0 Å². The lowest BCUT2D eigenvalue weighted by atomic mass is 10.1. The Hall–Kier alpha value is -2.93. The smallest absolute Gasteiger partial charge is 0.251 e. The van der Waals surface area contributed by atoms with Crippen molar-refractivity contribution in [3.05, 3.63) is 60.2 Å². The second kappa shape index (κ2) is 7.15. The second-order valence-corrected chi connectivity index (χ2v) is 8.11. The summed E-state index contributed by atoms with van der Waals surface area (Å²) in [5.74, 6) is -0.227. The maximum absolute atomic E-state index is 13.1. The zero-order chi connectivity index (χ0) is 19.8. The van der Waals surface area contributed by atoms with E-state index in [1.54, 1.807) is 6.33 Å². The molecule has 7 heteroatoms. The number of nitrogens with one attached hydrogen (secondary N) is 2. The summed E-state index contributed by atoms with van der Waals surface area (Å²) in [5.41, 5.74) is 3.35. The number of aromatic nitrogens is 2. The molecule has 2 aromatic carbocycles. The molecule has 1 saturated carbocycles. The van der Waals surface area contributed by atoms with E-state index in [9.17, 15) is 9.18 Å². The molecular formula is C22H24FN5O. The first-order valence-electron chi connectivity index (χ1n) is 10.1. The van der Waals surface area contributed by atoms with E-state index in [0.29, 0.717) is 5.56 Å². The Balaban J connectivity index is 1.17. The number of imidazole rings is 1. The van der Waals surface area contributed by atoms with E-state index in [1.165, 1.54) is 12.1 Å². The Morgan fingerprint density at radius 1 is 1.10 bits per heavy atom. The van der Waals surface area contributed by atoms with E-state index in [2.05, 4.69) is 25.1 Å². The van der Waals surface area contributed by atoms with Crippen molar-refractivity contribution in [3.8, 4) is 0 Å². The summed E-state index contributed by atoms with van der Waals surface area (Å²) < 4.78 is 13.1. The van der Waals surface area contributed by atoms with Crippen molar-refractivity contribution in [2.75, 3.05) is 37.6 Å². The van der Waals surface area contributed by atoms with Gasteiger partial charge >= 0.3 is 0 Å². The zero-order valence-electron chi connectivity index (χ0n) is 16.2. The van der Waals surface area contributed by atoms with Crippen molar-refractivity contribution in [3.63, 3.8) is 0 Å². The van der Waals surface area contributed by atoms with Gasteiger partial charge in [-0.1, -0.05) is 0 Å². The van der Waals surface area contributed by atoms with E-state index in [0.717, 1.165) is 62.3 Å². The van der Waals surface area contributed by atoms with Crippen LogP contribution in [0.25, 0.3) is 11.0 Å². The summed E-state index contributed by atoms with van der Waals surface area (Å²) in [6.45, 7) is 4.57. The lowest BCUT2D eigenvalue weighted by Crippen LogP contribution is -2.52. The number of aromatic amines is 1. The Morgan fingerprint density at radius 3 is 2.59 bits per heavy atom. The molecule has 1 amide bonds. The first kappa shape index (κ1) is 18.1. The minimum absolute atomic E-state index is 0.0241. The summed E-state index contributed by atoms with van der Waals surface area (Å²) in [5, 5.41) is 3.27. The van der Waals surface area contributed by atoms with Crippen molar-refractivity contribution in [2.24, 2.45) is 0 Å². The van der Waals surface area contributed by atoms with Gasteiger partial charge in [0.05, 0.1) is 22.9 Å². The molecule has 0 radical (unpaired) electrons. The molecule has 0 bridgehead atoms. The van der Waals surface area contributed by atoms with Gasteiger partial charge in [0.2, 0.25) is 0 Å². The van der Waals surface area contributed by atoms with Gasteiger partial charge in [0.25, 0.3) is 5.91 Å². The van der Waals surface area contributed by atoms with Gasteiger partial charge in [0.1, 0.15) is 5.82 Å². The summed E-state index contributed by atoms with van der Waals surface area (Å²) in [7, 11) is 0. The number of hydrogen-bond donors (Lipinski definition) is 2. The molecule has 1 aromatic heterocycles. The van der Waals surface area contributed by atoms with Crippen LogP contribution >= 0.6 is 0 Å². The van der Waals surface area contributed by atoms with Gasteiger partial charge in [-0.3, -0.25) is 9.69 Å². The van der Waals surface area contributed by atoms with Crippen LogP contribution in [0.15, 0.2) is 48.8 Å². The summed E-state index contributed by atoms with van der Waals surface area (Å²) in [6, 6.07) is 12.3. The van der Waals surface area contributed by atoms with E-state index in [4.69, 9.17) is 0 Å². The van der Waals surface area contributed by atoms with E-state index in [-0.39, 0.29) is 17.3 Å². The summed E-state index contributed by atoms with van der Waals surface area (Å²) in [4.78, 5) is 24.7. The number of halogens is 1. The minimum Gasteiger partial charge on any atom is -0.369 e. The average Bonchev–Trinajstić information content (AvgIpc) is 3.31. The molecule has 2 N–H and O–H groups in total. The molecule has 3 aromatic rings. The fourth-order valence-electron chi connectivity index (χ4n) is 4.11. The number of hydrogen-bond acceptors (Lipinski definition) is 4. The Labute approximate surface area is 168 Å². The van der Waals surface area contributed by atoms with Crippen molar-refractivity contribution in [2.45, 2.75) is 18.4 Å². The molecule has 5 rings (SSSR count). The topological polar surface area (TPSA) is 64.3 Å². The molecule has 1 aliphatic carbocycles. The van der Waals surface area contributed by atoms with Crippen LogP contribution in [-0.4, -0.2) is 59.0 Å². The van der Waals surface area contributed by atoms with E-state index >= 15 is 0 Å². The number of nitrogens with zero attached hydrogens (tertiary/aromatic N) is 3. The first-order valence-corrected chi connectivity index (χ1v) is 10.1. The maximum Gasteiger partial charge on any atom is 0.251 e. The van der Waals surface area contributed by atoms with Crippen LogP contribution in [0, 0.1) is 5.82 Å². The number of fused-ring (bicyclic) bond motifs is 1. The van der Waals surface area contributed by atoms with Gasteiger partial charge in [-0.25, -0.2) is 9.37 Å². The number of anilines is 1. The minimum atomic E-state index is -0.203. The van der Waals surface area contributed by atoms with Gasteiger partial charge < -0.3 is 15.2 Å². The first-order chi connectivity index (χ1) is 14.1. The molecule has 0 unspecified atom stereocenters. The van der Waals surface area contributed by atoms with Crippen LogP contribution in [-0.2, 0) is 0 Å². The van der Waals surface area contributed by atoms with Gasteiger partial charge in [-0.15, -0.1) is 0 Å². The highest BCUT2D eigenvalue weighted by molar-refractivity contribution is 5.97. The van der Waals surface area contributed by atoms with Crippen LogP contribution in [0.5, 0.6) is 0 Å². The monoisotopic (exact) mass is 393 g/mol. The van der Waals surface area contributed by atoms with E-state index in [1.807, 2.05) is 30.3 Å². The number of benzene rings is 2. The number of amides is 1. The summed E-state index contributed by atoms with van der Waals surface area (Å²) >= 11 is 0. The predicted molar refractivity (Wildman–Crippen MR) is 111 cm³/mol. The molecule has 0 spiro atoms. The zero-order valence-corrected chi connectivity index (χ0v) is 16.2. The summed E-state index contributed by atoms with van der Waals surface area (Å²) in [6.07, 6.45) is 3.67. The molecule has 0 atom stereocenters. The van der Waals surface area contributed by atoms with Gasteiger partial charge in [-0.2, -0.15) is 0 Å². The van der Waals surface area contributed by atoms with Crippen molar-refractivity contribution in [1.82, 2.24) is 20.2 Å². The number of carbonyl (C=O) groups is 1. The molecule has 2 heterocycles. The second-order valence-electron chi connectivity index (χ2n) is 8.11. The number of piperazine rings is 1. The van der Waals surface area contributed by atoms with Crippen LogP contribution in [0.4, 0.5) is 10.1 Å². The Morgan fingerprint density at radius 2 is 1.86 bits per heavy atom. The Bertz CT molecular complexity index is 1020. The van der Waals surface area contributed by atoms with Gasteiger partial charge in [0.15, 0.2) is 0 Å². The van der Waals surface area contributed by atoms with Crippen LogP contribution < -0.4 is 10.2 Å². The van der Waals surface area contributed by atoms with Crippen molar-refractivity contribution in [1.29, 1.82) is 0 Å². The average molecular weight is 393 g/mol. The fourth-order valence-corrected chi connectivity index (χ4v) is 4.11. The van der Waals surface area contributed by atoms with Crippen LogP contribution in [0.1, 0.15) is 23.2 Å². The molecule has 1 saturated heterocycles. The highest BCUT2D eigenvalue weighted by Crippen LogP contribution is 2.37.